The van der Waals surface area contributed by atoms with Crippen molar-refractivity contribution in [3.8, 4) is 0 Å². The van der Waals surface area contributed by atoms with Gasteiger partial charge in [-0.1, -0.05) is 18.2 Å². The molecule has 0 unspecified atom stereocenters. The fourth-order valence-corrected chi connectivity index (χ4v) is 5.20. The highest BCUT2D eigenvalue weighted by Crippen LogP contribution is 2.25. The van der Waals surface area contributed by atoms with E-state index in [1.165, 1.54) is 23.5 Å². The van der Waals surface area contributed by atoms with Crippen molar-refractivity contribution in [3.63, 3.8) is 0 Å². The molecule has 1 aromatic heterocycles. The highest BCUT2D eigenvalue weighted by Gasteiger charge is 2.38. The lowest BCUT2D eigenvalue weighted by atomic mass is 9.99. The first kappa shape index (κ1) is 21.0. The van der Waals surface area contributed by atoms with E-state index in [1.54, 1.807) is 4.90 Å². The summed E-state index contributed by atoms with van der Waals surface area (Å²) < 4.78 is 13.1. The molecule has 2 fully saturated rings. The fraction of sp³-hybridized carbons (Fsp3) is 0.478. The highest BCUT2D eigenvalue weighted by molar-refractivity contribution is 7.12. The number of piperidine rings is 1. The van der Waals surface area contributed by atoms with Crippen LogP contribution in [0.25, 0.3) is 0 Å². The van der Waals surface area contributed by atoms with Crippen molar-refractivity contribution in [1.29, 1.82) is 0 Å². The van der Waals surface area contributed by atoms with E-state index in [1.807, 2.05) is 34.5 Å². The van der Waals surface area contributed by atoms with Crippen molar-refractivity contribution in [2.24, 2.45) is 0 Å². The second-order valence-corrected chi connectivity index (χ2v) is 9.18. The second-order valence-electron chi connectivity index (χ2n) is 8.23. The van der Waals surface area contributed by atoms with Crippen LogP contribution in [0.1, 0.15) is 41.4 Å². The standard InChI is InChI=1S/C23H28FN3O2S/c1-17-15-25(16-18-7-9-19(24)10-8-18)12-13-26(17)22(28)20-5-2-3-11-27(20)23(29)21-6-4-14-30-21/h4,6-10,14,17,20H,2-3,5,11-13,15-16H2,1H3/t17-,20-/m0/s1. The lowest BCUT2D eigenvalue weighted by molar-refractivity contribution is -0.141. The van der Waals surface area contributed by atoms with Gasteiger partial charge in [-0.05, 0) is 55.3 Å². The van der Waals surface area contributed by atoms with Gasteiger partial charge < -0.3 is 9.80 Å². The Balaban J connectivity index is 1.40. The zero-order chi connectivity index (χ0) is 21.1. The summed E-state index contributed by atoms with van der Waals surface area (Å²) in [5.41, 5.74) is 1.07. The number of likely N-dealkylation sites (tertiary alicyclic amines) is 1. The van der Waals surface area contributed by atoms with Crippen LogP contribution in [0.3, 0.4) is 0 Å². The summed E-state index contributed by atoms with van der Waals surface area (Å²) in [6, 6.07) is 10.0. The fourth-order valence-electron chi connectivity index (χ4n) is 4.52. The smallest absolute Gasteiger partial charge is 0.264 e. The molecule has 0 spiro atoms. The summed E-state index contributed by atoms with van der Waals surface area (Å²) in [5.74, 6) is -0.171. The molecular weight excluding hydrogens is 401 g/mol. The van der Waals surface area contributed by atoms with Gasteiger partial charge in [0.2, 0.25) is 5.91 Å². The molecular formula is C23H28FN3O2S. The zero-order valence-corrected chi connectivity index (χ0v) is 18.1. The molecule has 2 amide bonds. The first-order valence-electron chi connectivity index (χ1n) is 10.6. The van der Waals surface area contributed by atoms with Gasteiger partial charge in [0.25, 0.3) is 5.91 Å². The maximum absolute atomic E-state index is 13.4. The van der Waals surface area contributed by atoms with Crippen LogP contribution in [-0.2, 0) is 11.3 Å². The number of nitrogens with zero attached hydrogens (tertiary/aromatic N) is 3. The van der Waals surface area contributed by atoms with E-state index in [4.69, 9.17) is 0 Å². The van der Waals surface area contributed by atoms with Crippen molar-refractivity contribution in [3.05, 3.63) is 58.0 Å². The Morgan fingerprint density at radius 3 is 2.57 bits per heavy atom. The Labute approximate surface area is 181 Å². The Morgan fingerprint density at radius 1 is 1.07 bits per heavy atom. The van der Waals surface area contributed by atoms with Crippen LogP contribution in [-0.4, -0.2) is 64.8 Å². The molecule has 4 rings (SSSR count). The molecule has 30 heavy (non-hydrogen) atoms. The molecule has 160 valence electrons. The molecule has 2 aliphatic rings. The van der Waals surface area contributed by atoms with Crippen LogP contribution < -0.4 is 0 Å². The van der Waals surface area contributed by atoms with Gasteiger partial charge in [0.05, 0.1) is 4.88 Å². The largest absolute Gasteiger partial charge is 0.336 e. The quantitative estimate of drug-likeness (QED) is 0.746. The van der Waals surface area contributed by atoms with Gasteiger partial charge in [-0.15, -0.1) is 11.3 Å². The third-order valence-electron chi connectivity index (χ3n) is 6.09. The normalized spacial score (nSPS) is 22.9. The van der Waals surface area contributed by atoms with Crippen LogP contribution >= 0.6 is 11.3 Å². The van der Waals surface area contributed by atoms with Gasteiger partial charge >= 0.3 is 0 Å². The molecule has 5 nitrogen and oxygen atoms in total. The topological polar surface area (TPSA) is 43.9 Å². The van der Waals surface area contributed by atoms with E-state index in [9.17, 15) is 14.0 Å². The molecule has 2 aliphatic heterocycles. The van der Waals surface area contributed by atoms with Crippen LogP contribution in [0.4, 0.5) is 4.39 Å². The molecule has 0 saturated carbocycles. The molecule has 2 saturated heterocycles. The summed E-state index contributed by atoms with van der Waals surface area (Å²) in [7, 11) is 0. The van der Waals surface area contributed by atoms with Gasteiger partial charge in [-0.25, -0.2) is 4.39 Å². The van der Waals surface area contributed by atoms with Gasteiger partial charge in [-0.3, -0.25) is 14.5 Å². The summed E-state index contributed by atoms with van der Waals surface area (Å²) in [6.07, 6.45) is 2.66. The SMILES string of the molecule is C[C@H]1CN(Cc2ccc(F)cc2)CCN1C(=O)[C@@H]1CCCCN1C(=O)c1cccs1. The Hall–Kier alpha value is -2.25. The second kappa shape index (κ2) is 9.27. The highest BCUT2D eigenvalue weighted by atomic mass is 32.1. The van der Waals surface area contributed by atoms with E-state index in [0.29, 0.717) is 18.0 Å². The number of hydrogen-bond acceptors (Lipinski definition) is 4. The van der Waals surface area contributed by atoms with Crippen molar-refractivity contribution in [2.45, 2.75) is 44.8 Å². The number of halogens is 1. The first-order valence-corrected chi connectivity index (χ1v) is 11.5. The lowest BCUT2D eigenvalue weighted by Crippen LogP contribution is -2.60. The number of carbonyl (C=O) groups excluding carboxylic acids is 2. The summed E-state index contributed by atoms with van der Waals surface area (Å²) >= 11 is 1.43. The maximum atomic E-state index is 13.4. The maximum Gasteiger partial charge on any atom is 0.264 e. The number of carbonyl (C=O) groups is 2. The van der Waals surface area contributed by atoms with Crippen LogP contribution in [0, 0.1) is 5.82 Å². The molecule has 1 aromatic carbocycles. The van der Waals surface area contributed by atoms with E-state index >= 15 is 0 Å². The molecule has 2 aromatic rings. The number of benzene rings is 1. The van der Waals surface area contributed by atoms with Gasteiger partial charge in [0.15, 0.2) is 0 Å². The van der Waals surface area contributed by atoms with Crippen LogP contribution in [0.2, 0.25) is 0 Å². The van der Waals surface area contributed by atoms with E-state index in [2.05, 4.69) is 11.8 Å². The Kier molecular flexibility index (Phi) is 6.49. The summed E-state index contributed by atoms with van der Waals surface area (Å²) in [6.45, 7) is 5.67. The molecule has 0 bridgehead atoms. The third-order valence-corrected chi connectivity index (χ3v) is 6.95. The predicted octanol–water partition coefficient (Wildman–Crippen LogP) is 3.61. The van der Waals surface area contributed by atoms with Crippen LogP contribution in [0.5, 0.6) is 0 Å². The van der Waals surface area contributed by atoms with Crippen molar-refractivity contribution >= 4 is 23.2 Å². The van der Waals surface area contributed by atoms with Gasteiger partial charge in [-0.2, -0.15) is 0 Å². The number of rotatable bonds is 4. The number of piperazine rings is 1. The molecule has 3 heterocycles. The third kappa shape index (κ3) is 4.57. The van der Waals surface area contributed by atoms with Gasteiger partial charge in [0.1, 0.15) is 11.9 Å². The number of hydrogen-bond donors (Lipinski definition) is 0. The average Bonchev–Trinajstić information content (AvgIpc) is 3.29. The van der Waals surface area contributed by atoms with Crippen molar-refractivity contribution in [2.75, 3.05) is 26.2 Å². The minimum atomic E-state index is -0.362. The van der Waals surface area contributed by atoms with Crippen molar-refractivity contribution in [1.82, 2.24) is 14.7 Å². The van der Waals surface area contributed by atoms with E-state index < -0.39 is 0 Å². The number of thiophene rings is 1. The molecule has 0 N–H and O–H groups in total. The lowest BCUT2D eigenvalue weighted by Gasteiger charge is -2.44. The molecule has 2 atom stereocenters. The Morgan fingerprint density at radius 2 is 1.87 bits per heavy atom. The average molecular weight is 430 g/mol. The minimum absolute atomic E-state index is 0.0225. The molecule has 0 radical (unpaired) electrons. The monoisotopic (exact) mass is 429 g/mol. The van der Waals surface area contributed by atoms with Gasteiger partial charge in [0, 0.05) is 38.8 Å². The first-order chi connectivity index (χ1) is 14.5. The number of amides is 2. The van der Waals surface area contributed by atoms with E-state index in [-0.39, 0.29) is 29.7 Å². The minimum Gasteiger partial charge on any atom is -0.336 e. The van der Waals surface area contributed by atoms with E-state index in [0.717, 1.165) is 44.5 Å². The van der Waals surface area contributed by atoms with Crippen molar-refractivity contribution < 1.29 is 14.0 Å². The Bertz CT molecular complexity index is 871. The summed E-state index contributed by atoms with van der Waals surface area (Å²) in [4.78, 5) is 33.1. The summed E-state index contributed by atoms with van der Waals surface area (Å²) in [5, 5.41) is 1.90. The zero-order valence-electron chi connectivity index (χ0n) is 17.3. The molecule has 0 aliphatic carbocycles. The molecule has 7 heteroatoms. The predicted molar refractivity (Wildman–Crippen MR) is 116 cm³/mol. The van der Waals surface area contributed by atoms with Crippen LogP contribution in [0.15, 0.2) is 41.8 Å².